The fourth-order valence-corrected chi connectivity index (χ4v) is 2.25. The van der Waals surface area contributed by atoms with E-state index in [0.717, 1.165) is 6.92 Å². The van der Waals surface area contributed by atoms with Crippen molar-refractivity contribution in [2.24, 2.45) is 0 Å². The molecule has 1 aromatic carbocycles. The van der Waals surface area contributed by atoms with Crippen molar-refractivity contribution >= 4 is 16.9 Å². The Morgan fingerprint density at radius 3 is 1.83 bits per heavy atom. The van der Waals surface area contributed by atoms with E-state index in [1.807, 2.05) is 0 Å². The van der Waals surface area contributed by atoms with E-state index in [2.05, 4.69) is 0 Å². The fourth-order valence-electron chi connectivity index (χ4n) is 1.67. The number of halogens is 6. The van der Waals surface area contributed by atoms with E-state index in [9.17, 15) is 41.4 Å². The summed E-state index contributed by atoms with van der Waals surface area (Å²) in [5.41, 5.74) is -3.91. The van der Waals surface area contributed by atoms with Crippen molar-refractivity contribution in [2.45, 2.75) is 31.5 Å². The minimum Gasteiger partial charge on any atom is -0.389 e. The summed E-state index contributed by atoms with van der Waals surface area (Å²) < 4.78 is 76.2. The Labute approximate surface area is 131 Å². The molecule has 0 spiro atoms. The molecule has 0 amide bonds. The molecular weight excluding hydrogens is 350 g/mol. The third-order valence-electron chi connectivity index (χ3n) is 2.77. The van der Waals surface area contributed by atoms with Crippen LogP contribution in [0.2, 0.25) is 0 Å². The molecule has 0 fully saturated rings. The van der Waals surface area contributed by atoms with Gasteiger partial charge in [-0.1, -0.05) is 11.8 Å². The first-order chi connectivity index (χ1) is 10.3. The van der Waals surface area contributed by atoms with Crippen LogP contribution < -0.4 is 0 Å². The third kappa shape index (κ3) is 5.70. The van der Waals surface area contributed by atoms with E-state index in [0.29, 0.717) is 23.9 Å². The summed E-state index contributed by atoms with van der Waals surface area (Å²) in [7, 11) is 0. The fraction of sp³-hybridized carbons (Fsp3) is 0.462. The van der Waals surface area contributed by atoms with E-state index in [1.54, 1.807) is 0 Å². The first kappa shape index (κ1) is 19.8. The summed E-state index contributed by atoms with van der Waals surface area (Å²) in [6.45, 7) is 1.16. The molecular formula is C13H12F6O3S. The molecule has 1 rings (SSSR count). The second kappa shape index (κ2) is 7.10. The highest BCUT2D eigenvalue weighted by Gasteiger charge is 2.38. The predicted molar refractivity (Wildman–Crippen MR) is 70.6 cm³/mol. The molecule has 0 aromatic heterocycles. The smallest absolute Gasteiger partial charge is 0.389 e. The van der Waals surface area contributed by atoms with Crippen LogP contribution in [0.4, 0.5) is 26.3 Å². The molecule has 2 N–H and O–H groups in total. The van der Waals surface area contributed by atoms with Crippen LogP contribution in [0.1, 0.15) is 29.7 Å². The number of benzene rings is 1. The topological polar surface area (TPSA) is 57.5 Å². The van der Waals surface area contributed by atoms with Crippen molar-refractivity contribution in [2.75, 3.05) is 5.75 Å². The van der Waals surface area contributed by atoms with Crippen LogP contribution in [0, 0.1) is 0 Å². The Morgan fingerprint density at radius 1 is 1.04 bits per heavy atom. The second-order valence-electron chi connectivity index (χ2n) is 4.65. The molecule has 0 aliphatic carbocycles. The van der Waals surface area contributed by atoms with Crippen molar-refractivity contribution < 1.29 is 41.4 Å². The van der Waals surface area contributed by atoms with E-state index >= 15 is 0 Å². The second-order valence-corrected chi connectivity index (χ2v) is 5.85. The Kier molecular flexibility index (Phi) is 6.11. The van der Waals surface area contributed by atoms with Gasteiger partial charge in [-0.2, -0.15) is 26.3 Å². The lowest BCUT2D eigenvalue weighted by molar-refractivity contribution is -0.143. The van der Waals surface area contributed by atoms with Crippen molar-refractivity contribution in [1.29, 1.82) is 0 Å². The average Bonchev–Trinajstić information content (AvgIpc) is 2.41. The van der Waals surface area contributed by atoms with Crippen molar-refractivity contribution in [3.05, 3.63) is 34.9 Å². The molecule has 23 heavy (non-hydrogen) atoms. The van der Waals surface area contributed by atoms with Gasteiger partial charge in [-0.05, 0) is 23.8 Å². The van der Waals surface area contributed by atoms with Gasteiger partial charge in [-0.25, -0.2) is 0 Å². The summed E-state index contributed by atoms with van der Waals surface area (Å²) >= 11 is 0.589. The molecule has 0 saturated heterocycles. The lowest BCUT2D eigenvalue weighted by Gasteiger charge is -2.20. The maximum Gasteiger partial charge on any atom is 0.416 e. The van der Waals surface area contributed by atoms with E-state index in [4.69, 9.17) is 0 Å². The van der Waals surface area contributed by atoms with Gasteiger partial charge < -0.3 is 10.2 Å². The van der Waals surface area contributed by atoms with E-state index < -0.39 is 46.4 Å². The quantitative estimate of drug-likeness (QED) is 0.806. The number of aliphatic hydroxyl groups excluding tert-OH is 2. The van der Waals surface area contributed by atoms with Gasteiger partial charge in [-0.3, -0.25) is 4.79 Å². The number of aliphatic hydroxyl groups is 2. The zero-order chi connectivity index (χ0) is 18.0. The summed E-state index contributed by atoms with van der Waals surface area (Å²) in [4.78, 5) is 10.8. The standard InChI is InChI=1S/C13H12F6O3S/c1-6(20)23-5-10(21)11(22)7-2-8(12(14,15)16)4-9(3-7)13(17,18)19/h2-4,10-11,21-22H,5H2,1H3. The highest BCUT2D eigenvalue weighted by Crippen LogP contribution is 2.38. The van der Waals surface area contributed by atoms with Crippen LogP contribution in [0.15, 0.2) is 18.2 Å². The molecule has 0 saturated carbocycles. The van der Waals surface area contributed by atoms with Crippen LogP contribution in [-0.4, -0.2) is 27.2 Å². The molecule has 2 unspecified atom stereocenters. The molecule has 2 atom stereocenters. The molecule has 0 bridgehead atoms. The van der Waals surface area contributed by atoms with Crippen LogP contribution in [0.3, 0.4) is 0 Å². The number of carbonyl (C=O) groups is 1. The summed E-state index contributed by atoms with van der Waals surface area (Å²) in [6.07, 6.45) is -13.8. The molecule has 3 nitrogen and oxygen atoms in total. The van der Waals surface area contributed by atoms with Gasteiger partial charge >= 0.3 is 12.4 Å². The van der Waals surface area contributed by atoms with Crippen molar-refractivity contribution in [3.8, 4) is 0 Å². The lowest BCUT2D eigenvalue weighted by atomic mass is 9.99. The molecule has 1 aromatic rings. The highest BCUT2D eigenvalue weighted by atomic mass is 32.2. The minimum atomic E-state index is -5.05. The largest absolute Gasteiger partial charge is 0.416 e. The van der Waals surface area contributed by atoms with E-state index in [1.165, 1.54) is 0 Å². The summed E-state index contributed by atoms with van der Waals surface area (Å²) in [5.74, 6) is -0.367. The van der Waals surface area contributed by atoms with Crippen molar-refractivity contribution in [3.63, 3.8) is 0 Å². The van der Waals surface area contributed by atoms with Gasteiger partial charge in [0.15, 0.2) is 5.12 Å². The van der Waals surface area contributed by atoms with Gasteiger partial charge in [-0.15, -0.1) is 0 Å². The SMILES string of the molecule is CC(=O)SCC(O)C(O)c1cc(C(F)(F)F)cc(C(F)(F)F)c1. The Hall–Kier alpha value is -1.26. The normalized spacial score (nSPS) is 15.3. The number of carbonyl (C=O) groups excluding carboxylic acids is 1. The average molecular weight is 362 g/mol. The monoisotopic (exact) mass is 362 g/mol. The summed E-state index contributed by atoms with van der Waals surface area (Å²) in [6, 6.07) is 0.593. The molecule has 0 heterocycles. The maximum atomic E-state index is 12.7. The molecule has 130 valence electrons. The highest BCUT2D eigenvalue weighted by molar-refractivity contribution is 8.13. The van der Waals surface area contributed by atoms with Crippen LogP contribution >= 0.6 is 11.8 Å². The number of hydrogen-bond acceptors (Lipinski definition) is 4. The van der Waals surface area contributed by atoms with Crippen LogP contribution in [-0.2, 0) is 17.1 Å². The molecule has 0 aliphatic heterocycles. The Bertz CT molecular complexity index is 538. The number of alkyl halides is 6. The number of thioether (sulfide) groups is 1. The van der Waals surface area contributed by atoms with E-state index in [-0.39, 0.29) is 11.8 Å². The Balaban J connectivity index is 3.21. The van der Waals surface area contributed by atoms with Gasteiger partial charge in [0.1, 0.15) is 6.10 Å². The van der Waals surface area contributed by atoms with Crippen LogP contribution in [0.5, 0.6) is 0 Å². The number of hydrogen-bond donors (Lipinski definition) is 2. The number of rotatable bonds is 4. The van der Waals surface area contributed by atoms with Gasteiger partial charge in [0.05, 0.1) is 17.2 Å². The van der Waals surface area contributed by atoms with Gasteiger partial charge in [0, 0.05) is 12.7 Å². The zero-order valence-corrected chi connectivity index (χ0v) is 12.4. The Morgan fingerprint density at radius 2 is 1.48 bits per heavy atom. The third-order valence-corrected chi connectivity index (χ3v) is 3.69. The predicted octanol–water partition coefficient (Wildman–Crippen LogP) is 3.40. The first-order valence-corrected chi connectivity index (χ1v) is 7.10. The van der Waals surface area contributed by atoms with Crippen molar-refractivity contribution in [1.82, 2.24) is 0 Å². The van der Waals surface area contributed by atoms with Gasteiger partial charge in [0.25, 0.3) is 0 Å². The molecule has 0 radical (unpaired) electrons. The first-order valence-electron chi connectivity index (χ1n) is 6.11. The summed E-state index contributed by atoms with van der Waals surface area (Å²) in [5, 5.41) is 19.0. The molecule has 10 heteroatoms. The maximum absolute atomic E-state index is 12.7. The lowest BCUT2D eigenvalue weighted by Crippen LogP contribution is -2.23. The molecule has 0 aliphatic rings. The zero-order valence-electron chi connectivity index (χ0n) is 11.6. The minimum absolute atomic E-state index is 0.0765. The van der Waals surface area contributed by atoms with Gasteiger partial charge in [0.2, 0.25) is 0 Å². The van der Waals surface area contributed by atoms with Crippen LogP contribution in [0.25, 0.3) is 0 Å².